The molecule has 0 saturated carbocycles. The van der Waals surface area contributed by atoms with E-state index in [0.29, 0.717) is 23.8 Å². The SMILES string of the molecule is COc1cccc(COc2cccc(CC(=O)O)c2)n1. The van der Waals surface area contributed by atoms with Crippen molar-refractivity contribution in [3.63, 3.8) is 0 Å². The molecule has 2 aromatic rings. The second-order valence-corrected chi connectivity index (χ2v) is 4.18. The molecule has 1 aromatic carbocycles. The molecular formula is C15H15NO4. The summed E-state index contributed by atoms with van der Waals surface area (Å²) >= 11 is 0. The van der Waals surface area contributed by atoms with E-state index in [1.165, 1.54) is 0 Å². The Hall–Kier alpha value is -2.56. The lowest BCUT2D eigenvalue weighted by atomic mass is 10.1. The summed E-state index contributed by atoms with van der Waals surface area (Å²) in [4.78, 5) is 14.9. The fourth-order valence-electron chi connectivity index (χ4n) is 1.73. The normalized spacial score (nSPS) is 10.1. The number of carbonyl (C=O) groups is 1. The van der Waals surface area contributed by atoms with Gasteiger partial charge >= 0.3 is 5.97 Å². The molecule has 0 aliphatic rings. The largest absolute Gasteiger partial charge is 0.487 e. The van der Waals surface area contributed by atoms with Crippen molar-refractivity contribution in [1.29, 1.82) is 0 Å². The topological polar surface area (TPSA) is 68.7 Å². The van der Waals surface area contributed by atoms with Crippen LogP contribution < -0.4 is 9.47 Å². The fraction of sp³-hybridized carbons (Fsp3) is 0.200. The Morgan fingerprint density at radius 1 is 1.25 bits per heavy atom. The Morgan fingerprint density at radius 2 is 2.05 bits per heavy atom. The van der Waals surface area contributed by atoms with Crippen molar-refractivity contribution in [3.8, 4) is 11.6 Å². The molecule has 0 aliphatic heterocycles. The summed E-state index contributed by atoms with van der Waals surface area (Å²) in [7, 11) is 1.56. The van der Waals surface area contributed by atoms with Crippen molar-refractivity contribution >= 4 is 5.97 Å². The van der Waals surface area contributed by atoms with Crippen LogP contribution in [0.5, 0.6) is 11.6 Å². The summed E-state index contributed by atoms with van der Waals surface area (Å²) in [5.41, 5.74) is 1.45. The van der Waals surface area contributed by atoms with E-state index in [1.807, 2.05) is 12.1 Å². The van der Waals surface area contributed by atoms with Gasteiger partial charge in [-0.1, -0.05) is 18.2 Å². The summed E-state index contributed by atoms with van der Waals surface area (Å²) in [5.74, 6) is 0.288. The van der Waals surface area contributed by atoms with E-state index >= 15 is 0 Å². The minimum Gasteiger partial charge on any atom is -0.487 e. The molecule has 5 heteroatoms. The Morgan fingerprint density at radius 3 is 2.80 bits per heavy atom. The third-order valence-corrected chi connectivity index (χ3v) is 2.63. The molecule has 0 aliphatic carbocycles. The Kier molecular flexibility index (Phi) is 4.55. The first-order chi connectivity index (χ1) is 9.67. The van der Waals surface area contributed by atoms with Crippen molar-refractivity contribution < 1.29 is 19.4 Å². The van der Waals surface area contributed by atoms with Gasteiger partial charge in [0.05, 0.1) is 19.2 Å². The highest BCUT2D eigenvalue weighted by Crippen LogP contribution is 2.16. The molecule has 104 valence electrons. The first-order valence-electron chi connectivity index (χ1n) is 6.11. The van der Waals surface area contributed by atoms with Gasteiger partial charge in [-0.2, -0.15) is 0 Å². The van der Waals surface area contributed by atoms with Crippen LogP contribution in [0.25, 0.3) is 0 Å². The van der Waals surface area contributed by atoms with Gasteiger partial charge in [-0.3, -0.25) is 4.79 Å². The molecule has 2 rings (SSSR count). The number of aromatic nitrogens is 1. The van der Waals surface area contributed by atoms with Crippen molar-refractivity contribution in [2.45, 2.75) is 13.0 Å². The molecular weight excluding hydrogens is 258 g/mol. The fourth-order valence-corrected chi connectivity index (χ4v) is 1.73. The molecule has 0 unspecified atom stereocenters. The van der Waals surface area contributed by atoms with Crippen LogP contribution in [0, 0.1) is 0 Å². The van der Waals surface area contributed by atoms with Gasteiger partial charge < -0.3 is 14.6 Å². The van der Waals surface area contributed by atoms with Crippen LogP contribution >= 0.6 is 0 Å². The van der Waals surface area contributed by atoms with Crippen LogP contribution in [0.2, 0.25) is 0 Å². The molecule has 0 amide bonds. The van der Waals surface area contributed by atoms with Crippen molar-refractivity contribution in [3.05, 3.63) is 53.7 Å². The van der Waals surface area contributed by atoms with Gasteiger partial charge in [-0.15, -0.1) is 0 Å². The van der Waals surface area contributed by atoms with Gasteiger partial charge in [0.2, 0.25) is 5.88 Å². The first kappa shape index (κ1) is 13.9. The van der Waals surface area contributed by atoms with E-state index < -0.39 is 5.97 Å². The first-order valence-corrected chi connectivity index (χ1v) is 6.11. The second-order valence-electron chi connectivity index (χ2n) is 4.18. The molecule has 0 radical (unpaired) electrons. The third-order valence-electron chi connectivity index (χ3n) is 2.63. The number of pyridine rings is 1. The van der Waals surface area contributed by atoms with Crippen LogP contribution in [-0.4, -0.2) is 23.2 Å². The van der Waals surface area contributed by atoms with E-state index in [0.717, 1.165) is 5.69 Å². The van der Waals surface area contributed by atoms with Gasteiger partial charge in [0, 0.05) is 6.07 Å². The summed E-state index contributed by atoms with van der Waals surface area (Å²) in [5, 5.41) is 8.76. The second kappa shape index (κ2) is 6.56. The van der Waals surface area contributed by atoms with E-state index in [-0.39, 0.29) is 6.42 Å². The summed E-state index contributed by atoms with van der Waals surface area (Å²) < 4.78 is 10.6. The maximum absolute atomic E-state index is 10.7. The highest BCUT2D eigenvalue weighted by molar-refractivity contribution is 5.70. The number of benzene rings is 1. The number of rotatable bonds is 6. The highest BCUT2D eigenvalue weighted by Gasteiger charge is 2.03. The molecule has 20 heavy (non-hydrogen) atoms. The summed E-state index contributed by atoms with van der Waals surface area (Å²) in [6.07, 6.45) is -0.0192. The number of hydrogen-bond acceptors (Lipinski definition) is 4. The van der Waals surface area contributed by atoms with Gasteiger partial charge in [0.25, 0.3) is 0 Å². The smallest absolute Gasteiger partial charge is 0.307 e. The van der Waals surface area contributed by atoms with Crippen LogP contribution in [-0.2, 0) is 17.8 Å². The van der Waals surface area contributed by atoms with Gasteiger partial charge in [-0.05, 0) is 23.8 Å². The van der Waals surface area contributed by atoms with E-state index in [9.17, 15) is 4.79 Å². The molecule has 5 nitrogen and oxygen atoms in total. The number of methoxy groups -OCH3 is 1. The molecule has 1 aromatic heterocycles. The average Bonchev–Trinajstić information content (AvgIpc) is 2.45. The van der Waals surface area contributed by atoms with Crippen LogP contribution in [0.4, 0.5) is 0 Å². The molecule has 0 bridgehead atoms. The summed E-state index contributed by atoms with van der Waals surface area (Å²) in [6.45, 7) is 0.299. The van der Waals surface area contributed by atoms with Crippen LogP contribution in [0.3, 0.4) is 0 Å². The number of carboxylic acids is 1. The van der Waals surface area contributed by atoms with Crippen LogP contribution in [0.15, 0.2) is 42.5 Å². The Balaban J connectivity index is 2.01. The lowest BCUT2D eigenvalue weighted by Crippen LogP contribution is -2.02. The third kappa shape index (κ3) is 3.98. The monoisotopic (exact) mass is 273 g/mol. The molecule has 0 spiro atoms. The molecule has 1 N–H and O–H groups in total. The molecule has 0 atom stereocenters. The zero-order valence-electron chi connectivity index (χ0n) is 11.1. The number of aliphatic carboxylic acids is 1. The van der Waals surface area contributed by atoms with Crippen molar-refractivity contribution in [1.82, 2.24) is 4.98 Å². The standard InChI is InChI=1S/C15H15NO4/c1-19-14-7-3-5-12(16-14)10-20-13-6-2-4-11(8-13)9-15(17)18/h2-8H,9-10H2,1H3,(H,17,18). The molecule has 1 heterocycles. The zero-order chi connectivity index (χ0) is 14.4. The van der Waals surface area contributed by atoms with Crippen LogP contribution in [0.1, 0.15) is 11.3 Å². The minimum atomic E-state index is -0.864. The van der Waals surface area contributed by atoms with Gasteiger partial charge in [0.1, 0.15) is 12.4 Å². The number of carboxylic acid groups (broad SMARTS) is 1. The molecule has 0 fully saturated rings. The highest BCUT2D eigenvalue weighted by atomic mass is 16.5. The average molecular weight is 273 g/mol. The zero-order valence-corrected chi connectivity index (χ0v) is 11.1. The van der Waals surface area contributed by atoms with E-state index in [1.54, 1.807) is 37.4 Å². The maximum atomic E-state index is 10.7. The number of ether oxygens (including phenoxy) is 2. The van der Waals surface area contributed by atoms with E-state index in [2.05, 4.69) is 4.98 Å². The van der Waals surface area contributed by atoms with Gasteiger partial charge in [0.15, 0.2) is 0 Å². The quantitative estimate of drug-likeness (QED) is 0.874. The predicted octanol–water partition coefficient (Wildman–Crippen LogP) is 2.30. The summed E-state index contributed by atoms with van der Waals surface area (Å²) in [6, 6.07) is 12.5. The number of hydrogen-bond donors (Lipinski definition) is 1. The minimum absolute atomic E-state index is 0.0192. The maximum Gasteiger partial charge on any atom is 0.307 e. The van der Waals surface area contributed by atoms with E-state index in [4.69, 9.17) is 14.6 Å². The van der Waals surface area contributed by atoms with Crippen molar-refractivity contribution in [2.75, 3.05) is 7.11 Å². The lowest BCUT2D eigenvalue weighted by molar-refractivity contribution is -0.136. The lowest BCUT2D eigenvalue weighted by Gasteiger charge is -2.08. The van der Waals surface area contributed by atoms with Crippen molar-refractivity contribution in [2.24, 2.45) is 0 Å². The predicted molar refractivity (Wildman–Crippen MR) is 72.9 cm³/mol. The molecule has 0 saturated heterocycles. The number of nitrogens with zero attached hydrogens (tertiary/aromatic N) is 1. The Labute approximate surface area is 116 Å². The Bertz CT molecular complexity index is 598. The van der Waals surface area contributed by atoms with Gasteiger partial charge in [-0.25, -0.2) is 4.98 Å².